The van der Waals surface area contributed by atoms with E-state index in [1.54, 1.807) is 25.4 Å². The minimum absolute atomic E-state index is 0.292. The van der Waals surface area contributed by atoms with Crippen molar-refractivity contribution in [1.29, 1.82) is 5.41 Å². The Morgan fingerprint density at radius 2 is 2.33 bits per heavy atom. The van der Waals surface area contributed by atoms with Crippen molar-refractivity contribution in [3.8, 4) is 0 Å². The molecule has 1 heterocycles. The first-order valence-electron chi connectivity index (χ1n) is 4.54. The molecule has 0 aliphatic heterocycles. The summed E-state index contributed by atoms with van der Waals surface area (Å²) in [7, 11) is 1.77. The van der Waals surface area contributed by atoms with Crippen LogP contribution in [-0.4, -0.2) is 12.8 Å². The molecule has 0 atom stereocenters. The quantitative estimate of drug-likeness (QED) is 0.654. The Bertz CT molecular complexity index is 415. The van der Waals surface area contributed by atoms with Crippen LogP contribution in [0.4, 0.5) is 0 Å². The fraction of sp³-hybridized carbons (Fsp3) is 0.182. The van der Waals surface area contributed by atoms with Gasteiger partial charge in [-0.05, 0) is 30.8 Å². The number of hydrogen-bond donors (Lipinski definition) is 3. The Balaban J connectivity index is 2.97. The Labute approximate surface area is 89.0 Å². The summed E-state index contributed by atoms with van der Waals surface area (Å²) < 4.78 is 5.41. The Morgan fingerprint density at radius 1 is 1.67 bits per heavy atom. The van der Waals surface area contributed by atoms with Gasteiger partial charge in [0, 0.05) is 7.05 Å². The molecule has 0 aliphatic rings. The maximum Gasteiger partial charge on any atom is 0.152 e. The SMILES string of the molecule is C=C(N)c1oc(C(=N)/C=C\NC)cc1C. The van der Waals surface area contributed by atoms with Gasteiger partial charge in [-0.25, -0.2) is 0 Å². The van der Waals surface area contributed by atoms with Gasteiger partial charge in [-0.2, -0.15) is 0 Å². The molecule has 0 saturated heterocycles. The lowest BCUT2D eigenvalue weighted by Gasteiger charge is -1.95. The zero-order valence-corrected chi connectivity index (χ0v) is 8.92. The second kappa shape index (κ2) is 4.50. The molecule has 0 saturated carbocycles. The van der Waals surface area contributed by atoms with Crippen molar-refractivity contribution >= 4 is 11.4 Å². The van der Waals surface area contributed by atoms with Crippen LogP contribution in [0.3, 0.4) is 0 Å². The third-order valence-corrected chi connectivity index (χ3v) is 1.89. The van der Waals surface area contributed by atoms with E-state index < -0.39 is 0 Å². The van der Waals surface area contributed by atoms with Gasteiger partial charge >= 0.3 is 0 Å². The summed E-state index contributed by atoms with van der Waals surface area (Å²) in [5.74, 6) is 1.04. The average Bonchev–Trinajstić information content (AvgIpc) is 2.56. The molecule has 1 rings (SSSR count). The molecule has 0 aromatic carbocycles. The Morgan fingerprint density at radius 3 is 2.80 bits per heavy atom. The Kier molecular flexibility index (Phi) is 3.33. The first-order valence-corrected chi connectivity index (χ1v) is 4.54. The second-order valence-corrected chi connectivity index (χ2v) is 3.18. The van der Waals surface area contributed by atoms with Gasteiger partial charge in [0.25, 0.3) is 0 Å². The van der Waals surface area contributed by atoms with Crippen molar-refractivity contribution in [1.82, 2.24) is 5.32 Å². The van der Waals surface area contributed by atoms with E-state index in [9.17, 15) is 0 Å². The number of rotatable bonds is 4. The highest BCUT2D eigenvalue weighted by Crippen LogP contribution is 2.19. The van der Waals surface area contributed by atoms with Crippen molar-refractivity contribution in [2.24, 2.45) is 5.73 Å². The van der Waals surface area contributed by atoms with E-state index in [4.69, 9.17) is 15.6 Å². The summed E-state index contributed by atoms with van der Waals surface area (Å²) in [6.45, 7) is 5.47. The van der Waals surface area contributed by atoms with E-state index in [0.717, 1.165) is 5.56 Å². The van der Waals surface area contributed by atoms with E-state index in [1.165, 1.54) is 0 Å². The van der Waals surface area contributed by atoms with E-state index in [1.807, 2.05) is 6.92 Å². The lowest BCUT2D eigenvalue weighted by atomic mass is 10.2. The van der Waals surface area contributed by atoms with Gasteiger partial charge in [-0.3, -0.25) is 5.41 Å². The highest BCUT2D eigenvalue weighted by atomic mass is 16.3. The normalized spacial score (nSPS) is 10.5. The Hall–Kier alpha value is -1.97. The van der Waals surface area contributed by atoms with Gasteiger partial charge in [-0.1, -0.05) is 6.58 Å². The largest absolute Gasteiger partial charge is 0.453 e. The van der Waals surface area contributed by atoms with Crippen LogP contribution in [0, 0.1) is 12.3 Å². The first kappa shape index (κ1) is 11.1. The lowest BCUT2D eigenvalue weighted by Crippen LogP contribution is -1.97. The summed E-state index contributed by atoms with van der Waals surface area (Å²) in [5, 5.41) is 10.5. The molecule has 15 heavy (non-hydrogen) atoms. The minimum atomic E-state index is 0.292. The van der Waals surface area contributed by atoms with Crippen molar-refractivity contribution in [2.75, 3.05) is 7.05 Å². The van der Waals surface area contributed by atoms with Crippen molar-refractivity contribution in [3.05, 3.63) is 42.0 Å². The molecule has 0 bridgehead atoms. The highest BCUT2D eigenvalue weighted by molar-refractivity contribution is 6.04. The summed E-state index contributed by atoms with van der Waals surface area (Å²) in [6.07, 6.45) is 3.28. The van der Waals surface area contributed by atoms with Crippen LogP contribution in [0.15, 0.2) is 29.3 Å². The second-order valence-electron chi connectivity index (χ2n) is 3.18. The van der Waals surface area contributed by atoms with Crippen LogP contribution in [-0.2, 0) is 0 Å². The van der Waals surface area contributed by atoms with E-state index in [2.05, 4.69) is 11.9 Å². The number of hydrogen-bond acceptors (Lipinski definition) is 4. The topological polar surface area (TPSA) is 75.0 Å². The van der Waals surface area contributed by atoms with Gasteiger partial charge in [0.15, 0.2) is 11.5 Å². The molecule has 0 radical (unpaired) electrons. The summed E-state index contributed by atoms with van der Waals surface area (Å²) in [4.78, 5) is 0. The molecule has 80 valence electrons. The van der Waals surface area contributed by atoms with Crippen LogP contribution in [0.25, 0.3) is 5.70 Å². The molecular formula is C11H15N3O. The van der Waals surface area contributed by atoms with Crippen LogP contribution in [0.5, 0.6) is 0 Å². The van der Waals surface area contributed by atoms with Gasteiger partial charge in [0.05, 0.1) is 11.4 Å². The van der Waals surface area contributed by atoms with Crippen LogP contribution in [0.1, 0.15) is 17.1 Å². The smallest absolute Gasteiger partial charge is 0.152 e. The number of allylic oxidation sites excluding steroid dienone is 1. The van der Waals surface area contributed by atoms with Crippen molar-refractivity contribution < 1.29 is 4.42 Å². The molecule has 0 spiro atoms. The van der Waals surface area contributed by atoms with Crippen LogP contribution < -0.4 is 11.1 Å². The fourth-order valence-electron chi connectivity index (χ4n) is 1.18. The van der Waals surface area contributed by atoms with E-state index in [0.29, 0.717) is 22.9 Å². The van der Waals surface area contributed by atoms with Gasteiger partial charge in [0.2, 0.25) is 0 Å². The molecule has 1 aromatic rings. The van der Waals surface area contributed by atoms with E-state index in [-0.39, 0.29) is 0 Å². The molecule has 4 N–H and O–H groups in total. The molecule has 4 nitrogen and oxygen atoms in total. The molecule has 0 amide bonds. The fourth-order valence-corrected chi connectivity index (χ4v) is 1.18. The average molecular weight is 205 g/mol. The van der Waals surface area contributed by atoms with E-state index >= 15 is 0 Å². The number of aryl methyl sites for hydroxylation is 1. The predicted octanol–water partition coefficient (Wildman–Crippen LogP) is 1.62. The summed E-state index contributed by atoms with van der Waals surface area (Å²) >= 11 is 0. The summed E-state index contributed by atoms with van der Waals surface area (Å²) in [6, 6.07) is 1.77. The molecule has 4 heteroatoms. The third-order valence-electron chi connectivity index (χ3n) is 1.89. The maximum atomic E-state index is 7.69. The van der Waals surface area contributed by atoms with Gasteiger partial charge in [-0.15, -0.1) is 0 Å². The zero-order valence-electron chi connectivity index (χ0n) is 8.92. The van der Waals surface area contributed by atoms with Crippen LogP contribution >= 0.6 is 0 Å². The number of furan rings is 1. The zero-order chi connectivity index (χ0) is 11.4. The molecule has 1 aromatic heterocycles. The first-order chi connectivity index (χ1) is 7.06. The van der Waals surface area contributed by atoms with Crippen molar-refractivity contribution in [2.45, 2.75) is 6.92 Å². The van der Waals surface area contributed by atoms with Gasteiger partial charge in [0.1, 0.15) is 0 Å². The predicted molar refractivity (Wildman–Crippen MR) is 61.7 cm³/mol. The standard InChI is InChI=1S/C11H15N3O/c1-7-6-10(9(13)4-5-14-3)15-11(7)8(2)12/h4-6,13-14H,2,12H2,1,3H3/b5-4-,13-9?. The van der Waals surface area contributed by atoms with Gasteiger partial charge < -0.3 is 15.5 Å². The maximum absolute atomic E-state index is 7.69. The lowest BCUT2D eigenvalue weighted by molar-refractivity contribution is 0.541. The highest BCUT2D eigenvalue weighted by Gasteiger charge is 2.10. The van der Waals surface area contributed by atoms with Crippen molar-refractivity contribution in [3.63, 3.8) is 0 Å². The monoisotopic (exact) mass is 205 g/mol. The molecule has 0 aliphatic carbocycles. The van der Waals surface area contributed by atoms with Crippen LogP contribution in [0.2, 0.25) is 0 Å². The molecular weight excluding hydrogens is 190 g/mol. The molecule has 0 unspecified atom stereocenters. The molecule has 0 fully saturated rings. The summed E-state index contributed by atoms with van der Waals surface area (Å²) in [5.41, 5.74) is 7.10. The number of nitrogens with one attached hydrogen (secondary N) is 2. The number of nitrogens with two attached hydrogens (primary N) is 1. The third kappa shape index (κ3) is 2.49. The minimum Gasteiger partial charge on any atom is -0.453 e.